The van der Waals surface area contributed by atoms with E-state index in [1.807, 2.05) is 13.8 Å². The van der Waals surface area contributed by atoms with Gasteiger partial charge in [0.05, 0.1) is 5.75 Å². The molecule has 3 rings (SSSR count). The van der Waals surface area contributed by atoms with Gasteiger partial charge in [0.25, 0.3) is 5.91 Å². The van der Waals surface area contributed by atoms with Crippen molar-refractivity contribution in [3.63, 3.8) is 0 Å². The SMILES string of the molecule is CCCCS(=O)(=O)N1C[C@H]2CC[C@@]3(N=C(CC)N(C)C3=O)[C@H]2C1. The van der Waals surface area contributed by atoms with Gasteiger partial charge >= 0.3 is 0 Å². The van der Waals surface area contributed by atoms with Crippen LogP contribution < -0.4 is 0 Å². The van der Waals surface area contributed by atoms with Crippen LogP contribution in [-0.4, -0.2) is 60.8 Å². The molecule has 0 unspecified atom stereocenters. The summed E-state index contributed by atoms with van der Waals surface area (Å²) in [5.41, 5.74) is -0.695. The Kier molecular flexibility index (Phi) is 4.29. The molecule has 3 aliphatic rings. The zero-order chi connectivity index (χ0) is 16.8. The molecule has 2 aliphatic heterocycles. The minimum atomic E-state index is -3.20. The molecule has 2 heterocycles. The summed E-state index contributed by atoms with van der Waals surface area (Å²) in [6, 6.07) is 0. The predicted octanol–water partition coefficient (Wildman–Crippen LogP) is 1.48. The molecule has 0 aromatic heterocycles. The molecule has 1 saturated carbocycles. The summed E-state index contributed by atoms with van der Waals surface area (Å²) in [5.74, 6) is 1.42. The van der Waals surface area contributed by atoms with Crippen LogP contribution in [-0.2, 0) is 14.8 Å². The van der Waals surface area contributed by atoms with Crippen molar-refractivity contribution in [3.8, 4) is 0 Å². The summed E-state index contributed by atoms with van der Waals surface area (Å²) in [6.07, 6.45) is 3.96. The number of sulfonamides is 1. The number of hydrogen-bond donors (Lipinski definition) is 0. The number of rotatable bonds is 5. The summed E-state index contributed by atoms with van der Waals surface area (Å²) in [7, 11) is -1.41. The number of carbonyl (C=O) groups excluding carboxylic acids is 1. The first kappa shape index (κ1) is 16.9. The number of likely N-dealkylation sites (N-methyl/N-ethyl adjacent to an activating group) is 1. The quantitative estimate of drug-likeness (QED) is 0.760. The zero-order valence-corrected chi connectivity index (χ0v) is 15.1. The monoisotopic (exact) mass is 341 g/mol. The van der Waals surface area contributed by atoms with Crippen LogP contribution in [0.4, 0.5) is 0 Å². The molecular formula is C16H27N3O3S. The maximum atomic E-state index is 12.8. The largest absolute Gasteiger partial charge is 0.302 e. The van der Waals surface area contributed by atoms with Crippen LogP contribution >= 0.6 is 0 Å². The molecule has 2 fully saturated rings. The molecule has 1 aliphatic carbocycles. The fourth-order valence-corrected chi connectivity index (χ4v) is 6.14. The minimum Gasteiger partial charge on any atom is -0.302 e. The number of amidine groups is 1. The van der Waals surface area contributed by atoms with Gasteiger partial charge in [0.15, 0.2) is 0 Å². The maximum Gasteiger partial charge on any atom is 0.255 e. The fraction of sp³-hybridized carbons (Fsp3) is 0.875. The molecule has 0 aromatic rings. The first-order valence-electron chi connectivity index (χ1n) is 8.70. The normalized spacial score (nSPS) is 34.5. The Hall–Kier alpha value is -0.950. The first-order valence-corrected chi connectivity index (χ1v) is 10.3. The molecule has 1 saturated heterocycles. The van der Waals surface area contributed by atoms with Crippen LogP contribution in [0.3, 0.4) is 0 Å². The highest BCUT2D eigenvalue weighted by Gasteiger charge is 2.61. The Morgan fingerprint density at radius 1 is 1.30 bits per heavy atom. The van der Waals surface area contributed by atoms with Crippen molar-refractivity contribution in [2.24, 2.45) is 16.8 Å². The molecule has 0 N–H and O–H groups in total. The molecule has 130 valence electrons. The summed E-state index contributed by atoms with van der Waals surface area (Å²) in [5, 5.41) is 0. The Morgan fingerprint density at radius 2 is 2.04 bits per heavy atom. The van der Waals surface area contributed by atoms with Gasteiger partial charge in [0.2, 0.25) is 10.0 Å². The summed E-state index contributed by atoms with van der Waals surface area (Å²) in [6.45, 7) is 5.02. The number of hydrogen-bond acceptors (Lipinski definition) is 4. The van der Waals surface area contributed by atoms with Crippen molar-refractivity contribution in [2.75, 3.05) is 25.9 Å². The second-order valence-corrected chi connectivity index (χ2v) is 9.15. The highest BCUT2D eigenvalue weighted by atomic mass is 32.2. The molecule has 6 nitrogen and oxygen atoms in total. The van der Waals surface area contributed by atoms with Crippen molar-refractivity contribution in [1.82, 2.24) is 9.21 Å². The van der Waals surface area contributed by atoms with Crippen LogP contribution in [0.1, 0.15) is 46.0 Å². The van der Waals surface area contributed by atoms with Gasteiger partial charge in [-0.15, -0.1) is 0 Å². The number of carbonyl (C=O) groups is 1. The van der Waals surface area contributed by atoms with Gasteiger partial charge in [-0.05, 0) is 25.2 Å². The Morgan fingerprint density at radius 3 is 2.65 bits per heavy atom. The predicted molar refractivity (Wildman–Crippen MR) is 89.7 cm³/mol. The third kappa shape index (κ3) is 2.52. The molecule has 1 amide bonds. The van der Waals surface area contributed by atoms with E-state index in [9.17, 15) is 13.2 Å². The average molecular weight is 341 g/mol. The lowest BCUT2D eigenvalue weighted by molar-refractivity contribution is -0.131. The number of amides is 1. The molecule has 23 heavy (non-hydrogen) atoms. The van der Waals surface area contributed by atoms with Crippen molar-refractivity contribution in [3.05, 3.63) is 0 Å². The topological polar surface area (TPSA) is 70.1 Å². The number of unbranched alkanes of at least 4 members (excludes halogenated alkanes) is 1. The number of nitrogens with zero attached hydrogens (tertiary/aromatic N) is 3. The molecule has 1 spiro atoms. The zero-order valence-electron chi connectivity index (χ0n) is 14.3. The maximum absolute atomic E-state index is 12.8. The van der Waals surface area contributed by atoms with Crippen molar-refractivity contribution < 1.29 is 13.2 Å². The van der Waals surface area contributed by atoms with E-state index in [2.05, 4.69) is 0 Å². The van der Waals surface area contributed by atoms with E-state index in [-0.39, 0.29) is 23.5 Å². The van der Waals surface area contributed by atoms with Crippen LogP contribution in [0.2, 0.25) is 0 Å². The first-order chi connectivity index (χ1) is 10.9. The van der Waals surface area contributed by atoms with E-state index in [4.69, 9.17) is 4.99 Å². The van der Waals surface area contributed by atoms with Crippen LogP contribution in [0.5, 0.6) is 0 Å². The Labute approximate surface area is 139 Å². The van der Waals surface area contributed by atoms with E-state index in [1.54, 1.807) is 16.3 Å². The van der Waals surface area contributed by atoms with Crippen molar-refractivity contribution in [1.29, 1.82) is 0 Å². The lowest BCUT2D eigenvalue weighted by Gasteiger charge is -2.27. The van der Waals surface area contributed by atoms with Gasteiger partial charge in [-0.1, -0.05) is 20.3 Å². The molecule has 0 aromatic carbocycles. The van der Waals surface area contributed by atoms with Crippen LogP contribution in [0, 0.1) is 11.8 Å². The second-order valence-electron chi connectivity index (χ2n) is 7.06. The third-order valence-electron chi connectivity index (χ3n) is 5.77. The van der Waals surface area contributed by atoms with Gasteiger partial charge in [-0.2, -0.15) is 0 Å². The van der Waals surface area contributed by atoms with Gasteiger partial charge < -0.3 is 4.90 Å². The second kappa shape index (κ2) is 5.84. The smallest absolute Gasteiger partial charge is 0.255 e. The summed E-state index contributed by atoms with van der Waals surface area (Å²) in [4.78, 5) is 19.3. The Bertz CT molecular complexity index is 630. The summed E-state index contributed by atoms with van der Waals surface area (Å²) < 4.78 is 26.6. The third-order valence-corrected chi connectivity index (χ3v) is 7.66. The molecule has 3 atom stereocenters. The van der Waals surface area contributed by atoms with Gasteiger partial charge in [-0.3, -0.25) is 9.79 Å². The van der Waals surface area contributed by atoms with E-state index >= 15 is 0 Å². The van der Waals surface area contributed by atoms with Gasteiger partial charge in [0.1, 0.15) is 11.4 Å². The standard InChI is InChI=1S/C16H27N3O3S/c1-4-6-9-23(21,22)19-10-12-7-8-16(13(12)11-19)15(20)18(3)14(5-2)17-16/h12-13H,4-11H2,1-3H3/t12-,13+,16-/m1/s1. The van der Waals surface area contributed by atoms with E-state index in [0.29, 0.717) is 19.5 Å². The molecule has 0 bridgehead atoms. The minimum absolute atomic E-state index is 0.0397. The molecular weight excluding hydrogens is 314 g/mol. The van der Waals surface area contributed by atoms with E-state index in [1.165, 1.54) is 0 Å². The highest BCUT2D eigenvalue weighted by Crippen LogP contribution is 2.50. The van der Waals surface area contributed by atoms with Gasteiger partial charge in [0, 0.05) is 32.5 Å². The van der Waals surface area contributed by atoms with Crippen molar-refractivity contribution >= 4 is 21.8 Å². The highest BCUT2D eigenvalue weighted by molar-refractivity contribution is 7.89. The van der Waals surface area contributed by atoms with Gasteiger partial charge in [-0.25, -0.2) is 12.7 Å². The van der Waals surface area contributed by atoms with Crippen LogP contribution in [0.25, 0.3) is 0 Å². The lowest BCUT2D eigenvalue weighted by Crippen LogP contribution is -2.45. The molecule has 0 radical (unpaired) electrons. The van der Waals surface area contributed by atoms with Crippen LogP contribution in [0.15, 0.2) is 4.99 Å². The lowest BCUT2D eigenvalue weighted by atomic mass is 9.85. The van der Waals surface area contributed by atoms with E-state index in [0.717, 1.165) is 31.5 Å². The Balaban J connectivity index is 1.83. The van der Waals surface area contributed by atoms with Crippen molar-refractivity contribution in [2.45, 2.75) is 51.5 Å². The molecule has 7 heteroatoms. The fourth-order valence-electron chi connectivity index (χ4n) is 4.42. The van der Waals surface area contributed by atoms with E-state index < -0.39 is 15.6 Å². The number of fused-ring (bicyclic) bond motifs is 2. The number of aliphatic imine (C=N–C) groups is 1. The summed E-state index contributed by atoms with van der Waals surface area (Å²) >= 11 is 0. The average Bonchev–Trinajstić information content (AvgIpc) is 3.16.